The maximum Gasteiger partial charge on any atom is 0.460 e. The fraction of sp³-hybridized carbons (Fsp3) is 0.609. The van der Waals surface area contributed by atoms with Gasteiger partial charge in [-0.05, 0) is 18.6 Å². The summed E-state index contributed by atoms with van der Waals surface area (Å²) in [7, 11) is 0. The van der Waals surface area contributed by atoms with Gasteiger partial charge in [0.25, 0.3) is 0 Å². The molecule has 0 aromatic heterocycles. The largest absolute Gasteiger partial charge is 0.460 e. The van der Waals surface area contributed by atoms with Crippen LogP contribution in [0.15, 0.2) is 36.1 Å². The van der Waals surface area contributed by atoms with E-state index in [2.05, 4.69) is 4.74 Å². The van der Waals surface area contributed by atoms with Gasteiger partial charge in [-0.3, -0.25) is 5.32 Å². The van der Waals surface area contributed by atoms with Gasteiger partial charge in [0, 0.05) is 0 Å². The van der Waals surface area contributed by atoms with Crippen molar-refractivity contribution in [3.63, 3.8) is 0 Å². The van der Waals surface area contributed by atoms with Crippen LogP contribution in [0.25, 0.3) is 0 Å². The van der Waals surface area contributed by atoms with Gasteiger partial charge in [0.05, 0.1) is 12.3 Å². The first-order valence-corrected chi connectivity index (χ1v) is 11.9. The molecule has 1 rings (SSSR count). The molecule has 44 heavy (non-hydrogen) atoms. The number of hydrogen-bond acceptors (Lipinski definition) is 3. The van der Waals surface area contributed by atoms with E-state index < -0.39 is 71.1 Å². The second-order valence-corrected chi connectivity index (χ2v) is 8.81. The molecule has 1 aromatic rings. The summed E-state index contributed by atoms with van der Waals surface area (Å²) < 4.78 is 236. The van der Waals surface area contributed by atoms with Crippen LogP contribution in [0, 0.1) is 0 Å². The molecule has 21 heteroatoms. The number of benzene rings is 1. The van der Waals surface area contributed by atoms with Gasteiger partial charge in [0.1, 0.15) is 0 Å². The molecular weight excluding hydrogens is 661 g/mol. The summed E-state index contributed by atoms with van der Waals surface area (Å²) in [6.07, 6.45) is -5.61. The van der Waals surface area contributed by atoms with E-state index in [1.54, 1.807) is 0 Å². The Morgan fingerprint density at radius 2 is 1.16 bits per heavy atom. The number of para-hydroxylation sites is 2. The Hall–Kier alpha value is -3.16. The summed E-state index contributed by atoms with van der Waals surface area (Å²) in [5.41, 5.74) is -0.785. The summed E-state index contributed by atoms with van der Waals surface area (Å²) in [6, 6.07) is -0.498. The van der Waals surface area contributed by atoms with Gasteiger partial charge in [-0.2, -0.15) is 74.6 Å². The molecule has 0 heterocycles. The zero-order valence-electron chi connectivity index (χ0n) is 21.7. The molecule has 0 radical (unpaired) electrons. The number of nitrogens with one attached hydrogen (secondary N) is 1. The molecule has 0 bridgehead atoms. The predicted octanol–water partition coefficient (Wildman–Crippen LogP) is 10.1. The van der Waals surface area contributed by atoms with Crippen LogP contribution in [0.3, 0.4) is 0 Å². The van der Waals surface area contributed by atoms with Crippen LogP contribution < -0.4 is 10.1 Å². The Morgan fingerprint density at radius 3 is 1.68 bits per heavy atom. The standard InChI is InChI=1S/C23H20F17NO3/c1-2-3-4-5-8-11-43-16(42)41-12-9-6-7-10-13(12)44-15(25)14(24)17(26,27)18(28,29)19(30,31)20(32,33)21(34,35)22(36,37)23(38,39)40/h6-7,9-10H,2-5,8,11H2,1H3,(H,41,42). The molecule has 1 aromatic carbocycles. The van der Waals surface area contributed by atoms with Crippen LogP contribution in [-0.2, 0) is 4.74 Å². The average molecular weight is 681 g/mol. The molecule has 0 atom stereocenters. The number of allylic oxidation sites excluding steroid dienone is 1. The molecule has 1 N–H and O–H groups in total. The predicted molar refractivity (Wildman–Crippen MR) is 116 cm³/mol. The van der Waals surface area contributed by atoms with Gasteiger partial charge in [0.15, 0.2) is 5.75 Å². The molecule has 254 valence electrons. The van der Waals surface area contributed by atoms with Crippen LogP contribution >= 0.6 is 0 Å². The number of hydrogen-bond donors (Lipinski definition) is 1. The lowest BCUT2D eigenvalue weighted by atomic mass is 9.91. The average Bonchev–Trinajstić information content (AvgIpc) is 2.89. The van der Waals surface area contributed by atoms with E-state index >= 15 is 0 Å². The van der Waals surface area contributed by atoms with Crippen LogP contribution in [0.2, 0.25) is 0 Å². The van der Waals surface area contributed by atoms with Gasteiger partial charge >= 0.3 is 53.8 Å². The highest BCUT2D eigenvalue weighted by atomic mass is 19.4. The van der Waals surface area contributed by atoms with Gasteiger partial charge in [-0.15, -0.1) is 0 Å². The van der Waals surface area contributed by atoms with Gasteiger partial charge in [-0.1, -0.05) is 44.7 Å². The van der Waals surface area contributed by atoms with E-state index in [0.717, 1.165) is 37.5 Å². The van der Waals surface area contributed by atoms with Crippen molar-refractivity contribution in [3.8, 4) is 5.75 Å². The SMILES string of the molecule is CCCCCCCOC(=O)Nc1ccccc1OC(F)=C(F)C(F)(F)C(F)(F)C(F)(F)C(F)(F)C(F)(F)C(F)(F)C(F)(F)F. The second-order valence-electron chi connectivity index (χ2n) is 8.81. The molecule has 0 unspecified atom stereocenters. The molecule has 0 saturated carbocycles. The molecule has 0 aliphatic carbocycles. The molecule has 1 amide bonds. The number of amides is 1. The summed E-state index contributed by atoms with van der Waals surface area (Å²) in [5.74, 6) is -55.9. The molecule has 4 nitrogen and oxygen atoms in total. The first-order chi connectivity index (χ1) is 19.8. The van der Waals surface area contributed by atoms with Crippen molar-refractivity contribution in [1.82, 2.24) is 0 Å². The van der Waals surface area contributed by atoms with Crippen molar-refractivity contribution in [3.05, 3.63) is 36.1 Å². The topological polar surface area (TPSA) is 47.6 Å². The number of rotatable bonds is 15. The Bertz CT molecular complexity index is 1160. The third-order valence-corrected chi connectivity index (χ3v) is 5.58. The third kappa shape index (κ3) is 7.21. The van der Waals surface area contributed by atoms with E-state index in [1.165, 1.54) is 0 Å². The highest BCUT2D eigenvalue weighted by molar-refractivity contribution is 5.86. The number of carbonyl (C=O) groups excluding carboxylic acids is 1. The van der Waals surface area contributed by atoms with Crippen LogP contribution in [0.4, 0.5) is 85.1 Å². The number of carbonyl (C=O) groups is 1. The fourth-order valence-corrected chi connectivity index (χ4v) is 3.04. The Labute approximate surface area is 236 Å². The Kier molecular flexibility index (Phi) is 11.9. The monoisotopic (exact) mass is 681 g/mol. The highest BCUT2D eigenvalue weighted by Gasteiger charge is 2.93. The maximum atomic E-state index is 14.1. The van der Waals surface area contributed by atoms with E-state index in [1.807, 2.05) is 12.2 Å². The quantitative estimate of drug-likeness (QED) is 0.114. The number of ether oxygens (including phenoxy) is 2. The Balaban J connectivity index is 3.34. The van der Waals surface area contributed by atoms with Crippen molar-refractivity contribution in [2.75, 3.05) is 11.9 Å². The lowest BCUT2D eigenvalue weighted by molar-refractivity contribution is -0.451. The minimum atomic E-state index is -8.68. The minimum Gasteiger partial charge on any atom is -0.449 e. The van der Waals surface area contributed by atoms with Crippen LogP contribution in [-0.4, -0.2) is 54.4 Å². The van der Waals surface area contributed by atoms with E-state index in [4.69, 9.17) is 4.74 Å². The van der Waals surface area contributed by atoms with Crippen molar-refractivity contribution in [2.45, 2.75) is 80.7 Å². The highest BCUT2D eigenvalue weighted by Crippen LogP contribution is 2.63. The van der Waals surface area contributed by atoms with Gasteiger partial charge < -0.3 is 9.47 Å². The first kappa shape index (κ1) is 38.9. The second kappa shape index (κ2) is 13.5. The third-order valence-electron chi connectivity index (χ3n) is 5.58. The summed E-state index contributed by atoms with van der Waals surface area (Å²) in [5, 5.41) is 1.81. The summed E-state index contributed by atoms with van der Waals surface area (Å²) >= 11 is 0. The zero-order chi connectivity index (χ0) is 34.6. The number of anilines is 1. The smallest absolute Gasteiger partial charge is 0.449 e. The molecule has 0 fully saturated rings. The lowest BCUT2D eigenvalue weighted by Gasteiger charge is -2.41. The maximum absolute atomic E-state index is 14.1. The number of unbranched alkanes of at least 4 members (excludes halogenated alkanes) is 4. The van der Waals surface area contributed by atoms with Crippen molar-refractivity contribution in [1.29, 1.82) is 0 Å². The summed E-state index contributed by atoms with van der Waals surface area (Å²) in [4.78, 5) is 11.9. The van der Waals surface area contributed by atoms with E-state index in [0.29, 0.717) is 18.9 Å². The number of halogens is 17. The summed E-state index contributed by atoms with van der Waals surface area (Å²) in [6.45, 7) is 1.73. The van der Waals surface area contributed by atoms with E-state index in [9.17, 15) is 79.4 Å². The molecule has 0 saturated heterocycles. The molecule has 0 aliphatic heterocycles. The fourth-order valence-electron chi connectivity index (χ4n) is 3.04. The van der Waals surface area contributed by atoms with Crippen LogP contribution in [0.1, 0.15) is 39.0 Å². The van der Waals surface area contributed by atoms with E-state index in [-0.39, 0.29) is 6.61 Å². The molecular formula is C23H20F17NO3. The first-order valence-electron chi connectivity index (χ1n) is 11.9. The number of alkyl halides is 15. The van der Waals surface area contributed by atoms with Crippen molar-refractivity contribution in [2.24, 2.45) is 0 Å². The minimum absolute atomic E-state index is 0.185. The van der Waals surface area contributed by atoms with Crippen molar-refractivity contribution >= 4 is 11.8 Å². The normalized spacial score (nSPS) is 14.7. The van der Waals surface area contributed by atoms with Crippen molar-refractivity contribution < 1.29 is 88.9 Å². The van der Waals surface area contributed by atoms with Gasteiger partial charge in [-0.25, -0.2) is 4.79 Å². The molecule has 0 spiro atoms. The molecule has 0 aliphatic rings. The Morgan fingerprint density at radius 1 is 0.682 bits per heavy atom. The van der Waals surface area contributed by atoms with Crippen LogP contribution in [0.5, 0.6) is 5.75 Å². The lowest BCUT2D eigenvalue weighted by Crippen LogP contribution is -2.72. The van der Waals surface area contributed by atoms with Gasteiger partial charge in [0.2, 0.25) is 5.83 Å². The zero-order valence-corrected chi connectivity index (χ0v) is 21.7.